The lowest BCUT2D eigenvalue weighted by Gasteiger charge is -2.26. The fourth-order valence-corrected chi connectivity index (χ4v) is 2.45. The fourth-order valence-electron chi connectivity index (χ4n) is 2.45. The molecule has 0 bridgehead atoms. The van der Waals surface area contributed by atoms with Crippen molar-refractivity contribution in [3.63, 3.8) is 0 Å². The molecule has 0 aliphatic carbocycles. The third kappa shape index (κ3) is 5.50. The zero-order valence-electron chi connectivity index (χ0n) is 15.1. The molecule has 2 rings (SSSR count). The van der Waals surface area contributed by atoms with Gasteiger partial charge in [-0.3, -0.25) is 14.9 Å². The molecule has 0 radical (unpaired) electrons. The maximum atomic E-state index is 12.7. The van der Waals surface area contributed by atoms with Gasteiger partial charge in [-0.1, -0.05) is 30.3 Å². The van der Waals surface area contributed by atoms with Gasteiger partial charge in [-0.2, -0.15) is 0 Å². The van der Waals surface area contributed by atoms with Crippen LogP contribution in [-0.4, -0.2) is 34.9 Å². The van der Waals surface area contributed by atoms with Crippen LogP contribution in [0.15, 0.2) is 60.7 Å². The lowest BCUT2D eigenvalue weighted by atomic mass is 10.1. The minimum Gasteiger partial charge on any atom is -0.467 e. The highest BCUT2D eigenvalue weighted by atomic mass is 16.6. The number of nitrogens with zero attached hydrogens (tertiary/aromatic N) is 2. The van der Waals surface area contributed by atoms with E-state index in [-0.39, 0.29) is 18.1 Å². The molecule has 0 saturated heterocycles. The molecule has 7 heteroatoms. The Morgan fingerprint density at radius 1 is 1.15 bits per heavy atom. The van der Waals surface area contributed by atoms with Gasteiger partial charge in [0.2, 0.25) is 5.91 Å². The van der Waals surface area contributed by atoms with E-state index >= 15 is 0 Å². The van der Waals surface area contributed by atoms with Crippen molar-refractivity contribution in [3.05, 3.63) is 81.9 Å². The normalized spacial score (nSPS) is 11.8. The molecule has 0 aliphatic heterocycles. The van der Waals surface area contributed by atoms with Gasteiger partial charge in [-0.05, 0) is 36.3 Å². The van der Waals surface area contributed by atoms with E-state index in [4.69, 9.17) is 4.74 Å². The Labute approximate surface area is 157 Å². The van der Waals surface area contributed by atoms with E-state index < -0.39 is 16.9 Å². The van der Waals surface area contributed by atoms with Crippen LogP contribution >= 0.6 is 0 Å². The molecule has 2 aromatic carbocycles. The van der Waals surface area contributed by atoms with Gasteiger partial charge in [0.05, 0.1) is 12.0 Å². The van der Waals surface area contributed by atoms with Crippen LogP contribution in [0.1, 0.15) is 18.1 Å². The lowest BCUT2D eigenvalue weighted by molar-refractivity contribution is -0.384. The van der Waals surface area contributed by atoms with Crippen LogP contribution in [0, 0.1) is 10.1 Å². The number of nitro benzene ring substituents is 1. The Bertz CT molecular complexity index is 831. The van der Waals surface area contributed by atoms with Gasteiger partial charge in [0.15, 0.2) is 0 Å². The highest BCUT2D eigenvalue weighted by molar-refractivity contribution is 5.94. The monoisotopic (exact) mass is 368 g/mol. The van der Waals surface area contributed by atoms with E-state index in [0.717, 1.165) is 5.56 Å². The summed E-state index contributed by atoms with van der Waals surface area (Å²) in [5, 5.41) is 10.7. The van der Waals surface area contributed by atoms with Gasteiger partial charge in [-0.25, -0.2) is 4.79 Å². The van der Waals surface area contributed by atoms with Crippen molar-refractivity contribution in [2.45, 2.75) is 19.5 Å². The third-order valence-electron chi connectivity index (χ3n) is 4.01. The highest BCUT2D eigenvalue weighted by Crippen LogP contribution is 2.14. The van der Waals surface area contributed by atoms with Crippen LogP contribution in [0.5, 0.6) is 0 Å². The summed E-state index contributed by atoms with van der Waals surface area (Å²) in [4.78, 5) is 36.2. The maximum absolute atomic E-state index is 12.7. The molecule has 1 amide bonds. The summed E-state index contributed by atoms with van der Waals surface area (Å²) in [6.07, 6.45) is 2.89. The van der Waals surface area contributed by atoms with Crippen molar-refractivity contribution in [1.29, 1.82) is 0 Å². The van der Waals surface area contributed by atoms with E-state index in [1.807, 2.05) is 30.3 Å². The number of carbonyl (C=O) groups is 2. The number of non-ortho nitro benzene ring substituents is 1. The van der Waals surface area contributed by atoms with Gasteiger partial charge in [-0.15, -0.1) is 0 Å². The standard InChI is InChI=1S/C20H20N2O5/c1-15(20(24)27-2)21(14-17-6-4-3-5-7-17)19(23)13-10-16-8-11-18(12-9-16)22(25)26/h3-13,15H,14H2,1-2H3/t15-/m0/s1. The zero-order chi connectivity index (χ0) is 19.8. The minimum absolute atomic E-state index is 0.0245. The number of nitro groups is 1. The Balaban J connectivity index is 2.19. The van der Waals surface area contributed by atoms with Crippen LogP contribution in [0.2, 0.25) is 0 Å². The molecule has 0 N–H and O–H groups in total. The molecule has 0 aromatic heterocycles. The summed E-state index contributed by atoms with van der Waals surface area (Å²) in [6, 6.07) is 14.4. The number of benzene rings is 2. The number of hydrogen-bond acceptors (Lipinski definition) is 5. The lowest BCUT2D eigenvalue weighted by Crippen LogP contribution is -2.42. The first-order valence-electron chi connectivity index (χ1n) is 8.27. The second-order valence-corrected chi connectivity index (χ2v) is 5.83. The Kier molecular flexibility index (Phi) is 6.82. The molecule has 140 valence electrons. The summed E-state index contributed by atoms with van der Waals surface area (Å²) in [6.45, 7) is 1.85. The molecule has 27 heavy (non-hydrogen) atoms. The van der Waals surface area contributed by atoms with Gasteiger partial charge in [0.1, 0.15) is 6.04 Å². The smallest absolute Gasteiger partial charge is 0.328 e. The quantitative estimate of drug-likeness (QED) is 0.324. The van der Waals surface area contributed by atoms with Crippen LogP contribution < -0.4 is 0 Å². The predicted octanol–water partition coefficient (Wildman–Crippen LogP) is 3.20. The number of methoxy groups -OCH3 is 1. The molecular formula is C20H20N2O5. The SMILES string of the molecule is COC(=O)[C@H](C)N(Cc1ccccc1)C(=O)C=Cc1ccc([N+](=O)[O-])cc1. The average molecular weight is 368 g/mol. The Morgan fingerprint density at radius 2 is 1.78 bits per heavy atom. The van der Waals surface area contributed by atoms with Gasteiger partial charge < -0.3 is 9.64 Å². The van der Waals surface area contributed by atoms with Crippen LogP contribution in [0.3, 0.4) is 0 Å². The average Bonchev–Trinajstić information content (AvgIpc) is 2.70. The second-order valence-electron chi connectivity index (χ2n) is 5.83. The van der Waals surface area contributed by atoms with Gasteiger partial charge >= 0.3 is 5.97 Å². The van der Waals surface area contributed by atoms with Crippen molar-refractivity contribution in [2.24, 2.45) is 0 Å². The molecule has 0 aliphatic rings. The zero-order valence-corrected chi connectivity index (χ0v) is 15.1. The number of hydrogen-bond donors (Lipinski definition) is 0. The van der Waals surface area contributed by atoms with Crippen molar-refractivity contribution in [1.82, 2.24) is 4.90 Å². The van der Waals surface area contributed by atoms with Crippen molar-refractivity contribution in [2.75, 3.05) is 7.11 Å². The number of ether oxygens (including phenoxy) is 1. The number of carbonyl (C=O) groups excluding carboxylic acids is 2. The van der Waals surface area contributed by atoms with E-state index in [2.05, 4.69) is 0 Å². The van der Waals surface area contributed by atoms with Crippen LogP contribution in [0.4, 0.5) is 5.69 Å². The summed E-state index contributed by atoms with van der Waals surface area (Å²) < 4.78 is 4.76. The number of rotatable bonds is 7. The first-order valence-corrected chi connectivity index (χ1v) is 8.27. The van der Waals surface area contributed by atoms with Crippen LogP contribution in [-0.2, 0) is 20.9 Å². The summed E-state index contributed by atoms with van der Waals surface area (Å²) in [7, 11) is 1.27. The topological polar surface area (TPSA) is 89.8 Å². The van der Waals surface area contributed by atoms with Crippen molar-refractivity contribution < 1.29 is 19.2 Å². The Hall–Kier alpha value is -3.48. The molecule has 2 aromatic rings. The maximum Gasteiger partial charge on any atom is 0.328 e. The van der Waals surface area contributed by atoms with Gasteiger partial charge in [0.25, 0.3) is 5.69 Å². The Morgan fingerprint density at radius 3 is 2.33 bits per heavy atom. The largest absolute Gasteiger partial charge is 0.467 e. The second kappa shape index (κ2) is 9.28. The molecule has 1 atom stereocenters. The first-order chi connectivity index (χ1) is 12.9. The molecule has 7 nitrogen and oxygen atoms in total. The predicted molar refractivity (Wildman–Crippen MR) is 101 cm³/mol. The van der Waals surface area contributed by atoms with E-state index in [1.54, 1.807) is 25.1 Å². The van der Waals surface area contributed by atoms with E-state index in [0.29, 0.717) is 5.56 Å². The molecule has 0 spiro atoms. The third-order valence-corrected chi connectivity index (χ3v) is 4.01. The minimum atomic E-state index is -0.760. The molecule has 0 fully saturated rings. The van der Waals surface area contributed by atoms with Crippen molar-refractivity contribution >= 4 is 23.6 Å². The molecular weight excluding hydrogens is 348 g/mol. The molecule has 0 saturated carbocycles. The van der Waals surface area contributed by atoms with Gasteiger partial charge in [0, 0.05) is 24.8 Å². The van der Waals surface area contributed by atoms with E-state index in [1.165, 1.54) is 30.2 Å². The van der Waals surface area contributed by atoms with Crippen molar-refractivity contribution in [3.8, 4) is 0 Å². The first kappa shape index (κ1) is 19.8. The summed E-state index contributed by atoms with van der Waals surface area (Å²) >= 11 is 0. The summed E-state index contributed by atoms with van der Waals surface area (Å²) in [5.74, 6) is -0.877. The summed E-state index contributed by atoms with van der Waals surface area (Å²) in [5.41, 5.74) is 1.49. The van der Waals surface area contributed by atoms with Crippen LogP contribution in [0.25, 0.3) is 6.08 Å². The molecule has 0 heterocycles. The van der Waals surface area contributed by atoms with E-state index in [9.17, 15) is 19.7 Å². The fraction of sp³-hybridized carbons (Fsp3) is 0.200. The highest BCUT2D eigenvalue weighted by Gasteiger charge is 2.25. The molecule has 0 unspecified atom stereocenters. The number of amides is 1. The number of esters is 1.